The fraction of sp³-hybridized carbons (Fsp3) is 0.400. The number of carboxylic acid groups (broad SMARTS) is 2. The number of carbonyl (C=O) groups excluding carboxylic acids is 1. The fourth-order valence-corrected chi connectivity index (χ4v) is 4.10. The molecule has 1 saturated heterocycles. The summed E-state index contributed by atoms with van der Waals surface area (Å²) in [6.45, 7) is 2.63. The largest absolute Gasteiger partial charge is 0.493 e. The minimum absolute atomic E-state index is 0.0792. The lowest BCUT2D eigenvalue weighted by atomic mass is 10.1. The van der Waals surface area contributed by atoms with Crippen LogP contribution in [0.15, 0.2) is 23.1 Å². The number of carboxylic acids is 2. The maximum atomic E-state index is 12.8. The summed E-state index contributed by atoms with van der Waals surface area (Å²) in [6, 6.07) is 3.89. The lowest BCUT2D eigenvalue weighted by Crippen LogP contribution is -2.44. The Hall–Kier alpha value is -2.59. The molecule has 2 N–H and O–H groups in total. The van der Waals surface area contributed by atoms with E-state index in [0.29, 0.717) is 23.7 Å². The third-order valence-corrected chi connectivity index (χ3v) is 5.62. The SMILES string of the molecule is CCCCOc1ccc(/C=C2\SC(=S)N([C@@H](CCC(=O)O)C(=O)O)C2=O)cc1OC. The molecule has 0 saturated carbocycles. The van der Waals surface area contributed by atoms with Gasteiger partial charge in [0.05, 0.1) is 18.6 Å². The van der Waals surface area contributed by atoms with E-state index in [1.807, 2.05) is 0 Å². The van der Waals surface area contributed by atoms with Gasteiger partial charge in [-0.2, -0.15) is 0 Å². The van der Waals surface area contributed by atoms with Gasteiger partial charge >= 0.3 is 11.9 Å². The van der Waals surface area contributed by atoms with E-state index in [9.17, 15) is 19.5 Å². The number of hydrogen-bond donors (Lipinski definition) is 2. The molecule has 0 spiro atoms. The molecule has 1 aliphatic rings. The molecule has 1 aromatic carbocycles. The molecule has 0 bridgehead atoms. The number of unbranched alkanes of at least 4 members (excludes halogenated alkanes) is 1. The highest BCUT2D eigenvalue weighted by Crippen LogP contribution is 2.36. The third kappa shape index (κ3) is 5.96. The van der Waals surface area contributed by atoms with E-state index in [4.69, 9.17) is 26.8 Å². The molecule has 0 aromatic heterocycles. The number of nitrogens with zero attached hydrogens (tertiary/aromatic N) is 1. The van der Waals surface area contributed by atoms with Crippen molar-refractivity contribution in [3.63, 3.8) is 0 Å². The predicted molar refractivity (Wildman–Crippen MR) is 117 cm³/mol. The molecule has 0 aliphatic carbocycles. The summed E-state index contributed by atoms with van der Waals surface area (Å²) in [5, 5.41) is 18.3. The summed E-state index contributed by atoms with van der Waals surface area (Å²) in [6.07, 6.45) is 2.89. The number of carbonyl (C=O) groups is 3. The summed E-state index contributed by atoms with van der Waals surface area (Å²) in [4.78, 5) is 36.4. The molecular weight excluding hydrogens is 430 g/mol. The van der Waals surface area contributed by atoms with Gasteiger partial charge in [-0.1, -0.05) is 43.4 Å². The van der Waals surface area contributed by atoms with Crippen LogP contribution >= 0.6 is 24.0 Å². The van der Waals surface area contributed by atoms with Gasteiger partial charge in [0.15, 0.2) is 11.5 Å². The van der Waals surface area contributed by atoms with E-state index in [0.717, 1.165) is 29.5 Å². The molecule has 1 heterocycles. The number of rotatable bonds is 11. The second-order valence-electron chi connectivity index (χ2n) is 6.45. The molecule has 1 atom stereocenters. The summed E-state index contributed by atoms with van der Waals surface area (Å²) in [5.74, 6) is -1.90. The van der Waals surface area contributed by atoms with E-state index in [2.05, 4.69) is 6.92 Å². The lowest BCUT2D eigenvalue weighted by molar-refractivity contribution is -0.146. The summed E-state index contributed by atoms with van der Waals surface area (Å²) >= 11 is 6.16. The molecule has 8 nitrogen and oxygen atoms in total. The standard InChI is InChI=1S/C20H23NO7S2/c1-3-4-9-28-14-7-5-12(10-15(14)27-2)11-16-18(24)21(20(29)30-16)13(19(25)26)6-8-17(22)23/h5,7,10-11,13H,3-4,6,8-9H2,1-2H3,(H,22,23)(H,25,26)/b16-11-/t13-/m0/s1. The Morgan fingerprint density at radius 2 is 2.03 bits per heavy atom. The molecule has 1 aliphatic heterocycles. The van der Waals surface area contributed by atoms with Gasteiger partial charge in [0.1, 0.15) is 10.4 Å². The van der Waals surface area contributed by atoms with E-state index in [1.54, 1.807) is 24.3 Å². The van der Waals surface area contributed by atoms with Crippen molar-refractivity contribution in [3.8, 4) is 11.5 Å². The molecule has 30 heavy (non-hydrogen) atoms. The zero-order valence-electron chi connectivity index (χ0n) is 16.6. The molecule has 10 heteroatoms. The quantitative estimate of drug-likeness (QED) is 0.296. The second kappa shape index (κ2) is 11.0. The average Bonchev–Trinajstić information content (AvgIpc) is 2.96. The van der Waals surface area contributed by atoms with Gasteiger partial charge in [-0.3, -0.25) is 14.5 Å². The molecule has 1 amide bonds. The number of hydrogen-bond acceptors (Lipinski definition) is 7. The van der Waals surface area contributed by atoms with E-state index in [-0.39, 0.29) is 22.1 Å². The van der Waals surface area contributed by atoms with Gasteiger partial charge < -0.3 is 19.7 Å². The van der Waals surface area contributed by atoms with Crippen LogP contribution in [0.1, 0.15) is 38.2 Å². The van der Waals surface area contributed by atoms with Crippen LogP contribution < -0.4 is 9.47 Å². The number of aliphatic carboxylic acids is 2. The molecule has 1 aromatic rings. The number of ether oxygens (including phenoxy) is 2. The Morgan fingerprint density at radius 1 is 1.30 bits per heavy atom. The van der Waals surface area contributed by atoms with Crippen LogP contribution in [0.2, 0.25) is 0 Å². The normalized spacial score (nSPS) is 16.1. The van der Waals surface area contributed by atoms with Crippen LogP contribution in [-0.4, -0.2) is 57.0 Å². The third-order valence-electron chi connectivity index (χ3n) is 4.29. The van der Waals surface area contributed by atoms with Gasteiger partial charge in [-0.25, -0.2) is 4.79 Å². The zero-order chi connectivity index (χ0) is 22.3. The second-order valence-corrected chi connectivity index (χ2v) is 8.13. The van der Waals surface area contributed by atoms with Gasteiger partial charge in [-0.05, 0) is 36.6 Å². The Balaban J connectivity index is 2.23. The van der Waals surface area contributed by atoms with Crippen molar-refractivity contribution in [2.24, 2.45) is 0 Å². The molecule has 2 rings (SSSR count). The van der Waals surface area contributed by atoms with Crippen LogP contribution in [0.5, 0.6) is 11.5 Å². The Bertz CT molecular complexity index is 869. The van der Waals surface area contributed by atoms with Crippen molar-refractivity contribution in [3.05, 3.63) is 28.7 Å². The number of amides is 1. The Morgan fingerprint density at radius 3 is 2.63 bits per heavy atom. The van der Waals surface area contributed by atoms with E-state index < -0.39 is 23.9 Å². The highest BCUT2D eigenvalue weighted by atomic mass is 32.2. The van der Waals surface area contributed by atoms with Crippen LogP contribution in [0.3, 0.4) is 0 Å². The summed E-state index contributed by atoms with van der Waals surface area (Å²) in [7, 11) is 1.52. The maximum Gasteiger partial charge on any atom is 0.326 e. The minimum atomic E-state index is -1.33. The number of thiocarbonyl (C=S) groups is 1. The van der Waals surface area contributed by atoms with Crippen molar-refractivity contribution in [1.29, 1.82) is 0 Å². The van der Waals surface area contributed by atoms with Crippen LogP contribution in [0.4, 0.5) is 0 Å². The first kappa shape index (κ1) is 23.7. The van der Waals surface area contributed by atoms with Crippen molar-refractivity contribution in [1.82, 2.24) is 4.90 Å². The van der Waals surface area contributed by atoms with Crippen LogP contribution in [0, 0.1) is 0 Å². The summed E-state index contributed by atoms with van der Waals surface area (Å²) in [5.41, 5.74) is 0.660. The first-order valence-electron chi connectivity index (χ1n) is 9.31. The highest BCUT2D eigenvalue weighted by molar-refractivity contribution is 8.26. The minimum Gasteiger partial charge on any atom is -0.493 e. The molecule has 1 fully saturated rings. The summed E-state index contributed by atoms with van der Waals surface area (Å²) < 4.78 is 11.1. The fourth-order valence-electron chi connectivity index (χ4n) is 2.74. The predicted octanol–water partition coefficient (Wildman–Crippen LogP) is 3.39. The van der Waals surface area contributed by atoms with E-state index >= 15 is 0 Å². The van der Waals surface area contributed by atoms with Gasteiger partial charge in [0.25, 0.3) is 5.91 Å². The monoisotopic (exact) mass is 453 g/mol. The van der Waals surface area contributed by atoms with Gasteiger partial charge in [-0.15, -0.1) is 0 Å². The Kier molecular flexibility index (Phi) is 8.67. The molecule has 0 radical (unpaired) electrons. The lowest BCUT2D eigenvalue weighted by Gasteiger charge is -2.22. The first-order chi connectivity index (χ1) is 14.3. The molecular formula is C20H23NO7S2. The number of benzene rings is 1. The highest BCUT2D eigenvalue weighted by Gasteiger charge is 2.40. The molecule has 0 unspecified atom stereocenters. The van der Waals surface area contributed by atoms with Crippen LogP contribution in [-0.2, 0) is 14.4 Å². The number of methoxy groups -OCH3 is 1. The Labute approximate surface area is 183 Å². The van der Waals surface area contributed by atoms with Crippen molar-refractivity contribution in [2.45, 2.75) is 38.6 Å². The maximum absolute atomic E-state index is 12.8. The zero-order valence-corrected chi connectivity index (χ0v) is 18.3. The van der Waals surface area contributed by atoms with E-state index in [1.165, 1.54) is 7.11 Å². The van der Waals surface area contributed by atoms with Crippen molar-refractivity contribution in [2.75, 3.05) is 13.7 Å². The molecule has 162 valence electrons. The first-order valence-corrected chi connectivity index (χ1v) is 10.5. The van der Waals surface area contributed by atoms with Gasteiger partial charge in [0.2, 0.25) is 0 Å². The van der Waals surface area contributed by atoms with Crippen LogP contribution in [0.25, 0.3) is 6.08 Å². The number of thioether (sulfide) groups is 1. The average molecular weight is 454 g/mol. The topological polar surface area (TPSA) is 113 Å². The van der Waals surface area contributed by atoms with Crippen molar-refractivity contribution < 1.29 is 34.1 Å². The smallest absolute Gasteiger partial charge is 0.326 e. The van der Waals surface area contributed by atoms with Crippen molar-refractivity contribution >= 4 is 52.2 Å². The van der Waals surface area contributed by atoms with Gasteiger partial charge in [0, 0.05) is 6.42 Å².